The molecule has 1 N–H and O–H groups in total. The molecule has 7 heteroatoms. The van der Waals surface area contributed by atoms with Crippen molar-refractivity contribution in [1.29, 1.82) is 0 Å². The molecule has 0 spiro atoms. The highest BCUT2D eigenvalue weighted by Gasteiger charge is 2.14. The number of hydrogen-bond acceptors (Lipinski definition) is 6. The summed E-state index contributed by atoms with van der Waals surface area (Å²) in [6, 6.07) is 14.5. The fraction of sp³-hybridized carbons (Fsp3) is 0.158. The van der Waals surface area contributed by atoms with E-state index in [1.165, 1.54) is 0 Å². The fourth-order valence-electron chi connectivity index (χ4n) is 2.43. The number of aromatic nitrogens is 2. The molecular formula is C19H17N3O3S. The summed E-state index contributed by atoms with van der Waals surface area (Å²) >= 11 is 1.09. The van der Waals surface area contributed by atoms with Crippen LogP contribution in [0.25, 0.3) is 11.5 Å². The van der Waals surface area contributed by atoms with Gasteiger partial charge in [0.25, 0.3) is 11.1 Å². The van der Waals surface area contributed by atoms with Gasteiger partial charge in [-0.05, 0) is 38.1 Å². The Morgan fingerprint density at radius 1 is 1.04 bits per heavy atom. The first-order valence-corrected chi connectivity index (χ1v) is 8.94. The maximum absolute atomic E-state index is 11.9. The van der Waals surface area contributed by atoms with E-state index in [0.29, 0.717) is 11.5 Å². The van der Waals surface area contributed by atoms with Crippen LogP contribution in [-0.4, -0.2) is 27.8 Å². The zero-order valence-electron chi connectivity index (χ0n) is 14.4. The van der Waals surface area contributed by atoms with Gasteiger partial charge in [-0.2, -0.15) is 0 Å². The van der Waals surface area contributed by atoms with Gasteiger partial charge in [0, 0.05) is 11.1 Å². The lowest BCUT2D eigenvalue weighted by Crippen LogP contribution is -2.31. The maximum atomic E-state index is 11.9. The zero-order chi connectivity index (χ0) is 18.5. The van der Waals surface area contributed by atoms with E-state index in [4.69, 9.17) is 4.42 Å². The van der Waals surface area contributed by atoms with Crippen LogP contribution in [0.2, 0.25) is 0 Å². The first-order valence-electron chi connectivity index (χ1n) is 7.95. The third-order valence-corrected chi connectivity index (χ3v) is 4.31. The third-order valence-electron chi connectivity index (χ3n) is 3.49. The first-order chi connectivity index (χ1) is 12.5. The molecule has 0 radical (unpaired) electrons. The van der Waals surface area contributed by atoms with Crippen LogP contribution in [0.3, 0.4) is 0 Å². The lowest BCUT2D eigenvalue weighted by Gasteiger charge is -2.02. The highest BCUT2D eigenvalue weighted by molar-refractivity contribution is 7.99. The van der Waals surface area contributed by atoms with Crippen molar-refractivity contribution in [2.45, 2.75) is 19.1 Å². The summed E-state index contributed by atoms with van der Waals surface area (Å²) in [7, 11) is 0. The number of nitrogens with zero attached hydrogens (tertiary/aromatic N) is 2. The minimum Gasteiger partial charge on any atom is -0.411 e. The van der Waals surface area contributed by atoms with Gasteiger partial charge in [-0.25, -0.2) is 0 Å². The van der Waals surface area contributed by atoms with Crippen molar-refractivity contribution < 1.29 is 14.0 Å². The summed E-state index contributed by atoms with van der Waals surface area (Å²) in [6.45, 7) is 3.99. The van der Waals surface area contributed by atoms with E-state index in [-0.39, 0.29) is 11.0 Å². The van der Waals surface area contributed by atoms with Gasteiger partial charge in [0.15, 0.2) is 0 Å². The number of thioether (sulfide) groups is 1. The Labute approximate surface area is 155 Å². The van der Waals surface area contributed by atoms with Crippen molar-refractivity contribution >= 4 is 23.6 Å². The molecule has 1 heterocycles. The molecule has 0 fully saturated rings. The SMILES string of the molecule is Cc1cc(C)cc(-c2nnc(SCC(=O)NC(=O)c3ccccc3)o2)c1. The van der Waals surface area contributed by atoms with Crippen molar-refractivity contribution in [1.82, 2.24) is 15.5 Å². The molecule has 132 valence electrons. The zero-order valence-corrected chi connectivity index (χ0v) is 15.2. The molecule has 3 rings (SSSR count). The van der Waals surface area contributed by atoms with Crippen LogP contribution >= 0.6 is 11.8 Å². The van der Waals surface area contributed by atoms with Crippen molar-refractivity contribution in [3.63, 3.8) is 0 Å². The molecule has 3 aromatic rings. The molecule has 0 unspecified atom stereocenters. The molecule has 0 aliphatic heterocycles. The molecule has 2 aromatic carbocycles. The van der Waals surface area contributed by atoms with E-state index >= 15 is 0 Å². The molecule has 6 nitrogen and oxygen atoms in total. The Hall–Kier alpha value is -2.93. The van der Waals surface area contributed by atoms with Crippen LogP contribution in [0.1, 0.15) is 21.5 Å². The molecule has 0 saturated heterocycles. The molecule has 26 heavy (non-hydrogen) atoms. The Kier molecular flexibility index (Phi) is 5.48. The second-order valence-electron chi connectivity index (χ2n) is 5.78. The quantitative estimate of drug-likeness (QED) is 0.696. The predicted molar refractivity (Wildman–Crippen MR) is 98.8 cm³/mol. The molecule has 0 bridgehead atoms. The van der Waals surface area contributed by atoms with Crippen LogP contribution in [0.4, 0.5) is 0 Å². The largest absolute Gasteiger partial charge is 0.411 e. The normalized spacial score (nSPS) is 10.5. The Morgan fingerprint density at radius 2 is 1.73 bits per heavy atom. The van der Waals surface area contributed by atoms with Gasteiger partial charge in [-0.3, -0.25) is 14.9 Å². The van der Waals surface area contributed by atoms with Crippen molar-refractivity contribution in [3.05, 3.63) is 65.2 Å². The average Bonchev–Trinajstić information content (AvgIpc) is 3.09. The van der Waals surface area contributed by atoms with Gasteiger partial charge in [-0.15, -0.1) is 10.2 Å². The van der Waals surface area contributed by atoms with E-state index < -0.39 is 11.8 Å². The number of nitrogens with one attached hydrogen (secondary N) is 1. The minimum atomic E-state index is -0.433. The summed E-state index contributed by atoms with van der Waals surface area (Å²) < 4.78 is 5.60. The van der Waals surface area contributed by atoms with E-state index in [9.17, 15) is 9.59 Å². The Balaban J connectivity index is 1.58. The predicted octanol–water partition coefficient (Wildman–Crippen LogP) is 3.40. The first kappa shape index (κ1) is 17.9. The summed E-state index contributed by atoms with van der Waals surface area (Å²) in [6.07, 6.45) is 0. The van der Waals surface area contributed by atoms with E-state index in [1.54, 1.807) is 30.3 Å². The van der Waals surface area contributed by atoms with E-state index in [0.717, 1.165) is 28.5 Å². The molecule has 2 amide bonds. The van der Waals surface area contributed by atoms with Crippen LogP contribution < -0.4 is 5.32 Å². The fourth-order valence-corrected chi connectivity index (χ4v) is 3.00. The molecule has 1 aromatic heterocycles. The summed E-state index contributed by atoms with van der Waals surface area (Å²) in [5.41, 5.74) is 3.48. The molecule has 0 saturated carbocycles. The molecule has 0 aliphatic carbocycles. The Morgan fingerprint density at radius 3 is 2.42 bits per heavy atom. The van der Waals surface area contributed by atoms with Gasteiger partial charge in [0.2, 0.25) is 11.8 Å². The smallest absolute Gasteiger partial charge is 0.277 e. The van der Waals surface area contributed by atoms with Crippen molar-refractivity contribution in [2.75, 3.05) is 5.75 Å². The second kappa shape index (κ2) is 7.97. The van der Waals surface area contributed by atoms with Crippen LogP contribution in [-0.2, 0) is 4.79 Å². The van der Waals surface area contributed by atoms with Crippen LogP contribution in [0.15, 0.2) is 58.2 Å². The highest BCUT2D eigenvalue weighted by atomic mass is 32.2. The monoisotopic (exact) mass is 367 g/mol. The molecule has 0 aliphatic rings. The van der Waals surface area contributed by atoms with Gasteiger partial charge in [-0.1, -0.05) is 47.2 Å². The molecular weight excluding hydrogens is 350 g/mol. The third kappa shape index (κ3) is 4.58. The van der Waals surface area contributed by atoms with E-state index in [1.807, 2.05) is 26.0 Å². The number of carbonyl (C=O) groups is 2. The number of amides is 2. The van der Waals surface area contributed by atoms with E-state index in [2.05, 4.69) is 21.6 Å². The highest BCUT2D eigenvalue weighted by Crippen LogP contribution is 2.24. The standard InChI is InChI=1S/C19H17N3O3S/c1-12-8-13(2)10-15(9-12)18-21-22-19(25-18)26-11-16(23)20-17(24)14-6-4-3-5-7-14/h3-10H,11H2,1-2H3,(H,20,23,24). The topological polar surface area (TPSA) is 85.1 Å². The maximum Gasteiger partial charge on any atom is 0.277 e. The second-order valence-corrected chi connectivity index (χ2v) is 6.71. The van der Waals surface area contributed by atoms with Gasteiger partial charge >= 0.3 is 0 Å². The number of hydrogen-bond donors (Lipinski definition) is 1. The lowest BCUT2D eigenvalue weighted by atomic mass is 10.1. The average molecular weight is 367 g/mol. The van der Waals surface area contributed by atoms with Crippen LogP contribution in [0.5, 0.6) is 0 Å². The lowest BCUT2D eigenvalue weighted by molar-refractivity contribution is -0.117. The summed E-state index contributed by atoms with van der Waals surface area (Å²) in [5.74, 6) is -0.444. The minimum absolute atomic E-state index is 0.00700. The molecule has 0 atom stereocenters. The Bertz CT molecular complexity index is 918. The van der Waals surface area contributed by atoms with Gasteiger partial charge < -0.3 is 4.42 Å². The van der Waals surface area contributed by atoms with Crippen molar-refractivity contribution in [2.24, 2.45) is 0 Å². The number of rotatable bonds is 5. The summed E-state index contributed by atoms with van der Waals surface area (Å²) in [5, 5.41) is 10.6. The van der Waals surface area contributed by atoms with Crippen molar-refractivity contribution in [3.8, 4) is 11.5 Å². The van der Waals surface area contributed by atoms with Gasteiger partial charge in [0.1, 0.15) is 0 Å². The van der Waals surface area contributed by atoms with Crippen LogP contribution in [0, 0.1) is 13.8 Å². The number of imide groups is 1. The van der Waals surface area contributed by atoms with Gasteiger partial charge in [0.05, 0.1) is 5.75 Å². The number of carbonyl (C=O) groups excluding carboxylic acids is 2. The number of aryl methyl sites for hydroxylation is 2. The number of benzene rings is 2. The summed E-state index contributed by atoms with van der Waals surface area (Å²) in [4.78, 5) is 23.9.